The van der Waals surface area contributed by atoms with Crippen LogP contribution < -0.4 is 10.9 Å². The van der Waals surface area contributed by atoms with E-state index in [1.54, 1.807) is 22.4 Å². The van der Waals surface area contributed by atoms with Crippen LogP contribution in [-0.2, 0) is 6.54 Å². The van der Waals surface area contributed by atoms with Crippen molar-refractivity contribution >= 4 is 17.4 Å². The smallest absolute Gasteiger partial charge is 0.250 e. The molecule has 0 aliphatic carbocycles. The molecule has 20 heavy (non-hydrogen) atoms. The van der Waals surface area contributed by atoms with Crippen molar-refractivity contribution in [1.82, 2.24) is 4.57 Å². The van der Waals surface area contributed by atoms with Crippen LogP contribution in [-0.4, -0.2) is 10.8 Å². The number of aryl methyl sites for hydroxylation is 1. The number of hydrogen-bond acceptors (Lipinski definition) is 3. The van der Waals surface area contributed by atoms with Gasteiger partial charge >= 0.3 is 0 Å². The van der Waals surface area contributed by atoms with Gasteiger partial charge in [0.1, 0.15) is 0 Å². The van der Waals surface area contributed by atoms with E-state index in [2.05, 4.69) is 42.8 Å². The van der Waals surface area contributed by atoms with E-state index in [0.29, 0.717) is 6.54 Å². The molecular weight excluding hydrogens is 268 g/mol. The van der Waals surface area contributed by atoms with Gasteiger partial charge in [-0.1, -0.05) is 12.1 Å². The van der Waals surface area contributed by atoms with Crippen molar-refractivity contribution in [1.29, 1.82) is 0 Å². The van der Waals surface area contributed by atoms with Crippen LogP contribution in [0.5, 0.6) is 0 Å². The second-order valence-electron chi connectivity index (χ2n) is 4.68. The van der Waals surface area contributed by atoms with E-state index in [4.69, 9.17) is 0 Å². The second kappa shape index (κ2) is 6.66. The van der Waals surface area contributed by atoms with E-state index in [0.717, 1.165) is 5.69 Å². The van der Waals surface area contributed by atoms with Gasteiger partial charge in [0, 0.05) is 29.7 Å². The molecule has 106 valence electrons. The summed E-state index contributed by atoms with van der Waals surface area (Å²) >= 11 is 1.74. The highest BCUT2D eigenvalue weighted by molar-refractivity contribution is 7.98. The lowest BCUT2D eigenvalue weighted by molar-refractivity contribution is 0.725. The van der Waals surface area contributed by atoms with Crippen molar-refractivity contribution in [3.05, 3.63) is 58.5 Å². The van der Waals surface area contributed by atoms with Gasteiger partial charge in [0.15, 0.2) is 0 Å². The van der Waals surface area contributed by atoms with Crippen LogP contribution in [0.3, 0.4) is 0 Å². The van der Waals surface area contributed by atoms with E-state index in [1.807, 2.05) is 19.2 Å². The molecule has 4 heteroatoms. The van der Waals surface area contributed by atoms with Crippen LogP contribution in [0.25, 0.3) is 0 Å². The summed E-state index contributed by atoms with van der Waals surface area (Å²) in [4.78, 5) is 12.8. The lowest BCUT2D eigenvalue weighted by Crippen LogP contribution is -2.18. The molecule has 2 rings (SSSR count). The molecule has 1 N–H and O–H groups in total. The molecule has 1 unspecified atom stereocenters. The van der Waals surface area contributed by atoms with Crippen LogP contribution in [0.15, 0.2) is 52.3 Å². The molecule has 2 aromatic rings. The van der Waals surface area contributed by atoms with Gasteiger partial charge in [0.2, 0.25) is 0 Å². The molecule has 0 fully saturated rings. The molecule has 0 amide bonds. The van der Waals surface area contributed by atoms with E-state index < -0.39 is 0 Å². The van der Waals surface area contributed by atoms with Gasteiger partial charge in [-0.2, -0.15) is 0 Å². The molecule has 0 aliphatic rings. The topological polar surface area (TPSA) is 34.0 Å². The van der Waals surface area contributed by atoms with E-state index in [-0.39, 0.29) is 11.6 Å². The molecule has 0 saturated carbocycles. The molecule has 3 nitrogen and oxygen atoms in total. The first-order valence-corrected chi connectivity index (χ1v) is 7.97. The lowest BCUT2D eigenvalue weighted by Gasteiger charge is -2.17. The Hall–Kier alpha value is -1.68. The molecule has 1 aromatic carbocycles. The van der Waals surface area contributed by atoms with E-state index in [9.17, 15) is 4.79 Å². The van der Waals surface area contributed by atoms with Gasteiger partial charge in [-0.3, -0.25) is 4.79 Å². The highest BCUT2D eigenvalue weighted by atomic mass is 32.2. The van der Waals surface area contributed by atoms with Crippen LogP contribution >= 0.6 is 11.8 Å². The summed E-state index contributed by atoms with van der Waals surface area (Å²) < 4.78 is 1.70. The summed E-state index contributed by atoms with van der Waals surface area (Å²) in [7, 11) is 0. The number of aromatic nitrogens is 1. The molecule has 1 aromatic heterocycles. The SMILES string of the molecule is CCn1cc(NC(C)c2ccc(SC)cc2)ccc1=O. The lowest BCUT2D eigenvalue weighted by atomic mass is 10.1. The monoisotopic (exact) mass is 288 g/mol. The third-order valence-corrected chi connectivity index (χ3v) is 4.07. The number of thioether (sulfide) groups is 1. The number of pyridine rings is 1. The molecule has 1 atom stereocenters. The van der Waals surface area contributed by atoms with E-state index in [1.165, 1.54) is 10.5 Å². The zero-order chi connectivity index (χ0) is 14.5. The minimum atomic E-state index is 0.0371. The summed E-state index contributed by atoms with van der Waals surface area (Å²) in [5, 5.41) is 3.43. The van der Waals surface area contributed by atoms with Crippen LogP contribution in [0, 0.1) is 0 Å². The minimum absolute atomic E-state index is 0.0371. The fraction of sp³-hybridized carbons (Fsp3) is 0.312. The second-order valence-corrected chi connectivity index (χ2v) is 5.56. The Kier molecular flexibility index (Phi) is 4.90. The van der Waals surface area contributed by atoms with Gasteiger partial charge in [0.25, 0.3) is 5.56 Å². The minimum Gasteiger partial charge on any atom is -0.377 e. The van der Waals surface area contributed by atoms with Gasteiger partial charge in [-0.05, 0) is 43.9 Å². The molecule has 0 aliphatic heterocycles. The number of nitrogens with one attached hydrogen (secondary N) is 1. The Morgan fingerprint density at radius 1 is 1.20 bits per heavy atom. The molecule has 0 radical (unpaired) electrons. The summed E-state index contributed by atoms with van der Waals surface area (Å²) in [6.45, 7) is 4.77. The number of benzene rings is 1. The molecule has 0 saturated heterocycles. The van der Waals surface area contributed by atoms with Crippen molar-refractivity contribution in [3.63, 3.8) is 0 Å². The number of anilines is 1. The number of hydrogen-bond donors (Lipinski definition) is 1. The van der Waals surface area contributed by atoms with Gasteiger partial charge < -0.3 is 9.88 Å². The first-order chi connectivity index (χ1) is 9.63. The van der Waals surface area contributed by atoms with Crippen molar-refractivity contribution in [2.75, 3.05) is 11.6 Å². The Labute approximate surface area is 124 Å². The van der Waals surface area contributed by atoms with Crippen molar-refractivity contribution in [3.8, 4) is 0 Å². The summed E-state index contributed by atoms with van der Waals surface area (Å²) in [5.74, 6) is 0. The predicted octanol–water partition coefficient (Wildman–Crippen LogP) is 3.76. The molecule has 1 heterocycles. The van der Waals surface area contributed by atoms with Crippen LogP contribution in [0.1, 0.15) is 25.5 Å². The van der Waals surface area contributed by atoms with E-state index >= 15 is 0 Å². The average molecular weight is 288 g/mol. The largest absolute Gasteiger partial charge is 0.377 e. The maximum absolute atomic E-state index is 11.6. The number of nitrogens with zero attached hydrogens (tertiary/aromatic N) is 1. The molecule has 0 bridgehead atoms. The van der Waals surface area contributed by atoms with Crippen LogP contribution in [0.4, 0.5) is 5.69 Å². The fourth-order valence-electron chi connectivity index (χ4n) is 2.09. The third kappa shape index (κ3) is 3.45. The normalized spacial score (nSPS) is 12.2. The highest BCUT2D eigenvalue weighted by Gasteiger charge is 2.06. The quantitative estimate of drug-likeness (QED) is 0.851. The fourth-order valence-corrected chi connectivity index (χ4v) is 2.50. The summed E-state index contributed by atoms with van der Waals surface area (Å²) in [5.41, 5.74) is 2.24. The Bertz CT molecular complexity index is 619. The van der Waals surface area contributed by atoms with Gasteiger partial charge in [-0.25, -0.2) is 0 Å². The predicted molar refractivity (Wildman–Crippen MR) is 86.6 cm³/mol. The zero-order valence-electron chi connectivity index (χ0n) is 12.1. The van der Waals surface area contributed by atoms with Crippen molar-refractivity contribution in [2.24, 2.45) is 0 Å². The third-order valence-electron chi connectivity index (χ3n) is 3.32. The number of rotatable bonds is 5. The van der Waals surface area contributed by atoms with Crippen molar-refractivity contribution < 1.29 is 0 Å². The van der Waals surface area contributed by atoms with Gasteiger partial charge in [-0.15, -0.1) is 11.8 Å². The summed E-state index contributed by atoms with van der Waals surface area (Å²) in [6.07, 6.45) is 3.94. The summed E-state index contributed by atoms with van der Waals surface area (Å²) in [6, 6.07) is 12.2. The first kappa shape index (κ1) is 14.7. The maximum Gasteiger partial charge on any atom is 0.250 e. The molecule has 0 spiro atoms. The Morgan fingerprint density at radius 3 is 2.50 bits per heavy atom. The van der Waals surface area contributed by atoms with Crippen molar-refractivity contribution in [2.45, 2.75) is 31.3 Å². The standard InChI is InChI=1S/C16H20N2OS/c1-4-18-11-14(7-10-16(18)19)17-12(2)13-5-8-15(20-3)9-6-13/h5-12,17H,4H2,1-3H3. The Balaban J connectivity index is 2.14. The highest BCUT2D eigenvalue weighted by Crippen LogP contribution is 2.21. The zero-order valence-corrected chi connectivity index (χ0v) is 12.9. The average Bonchev–Trinajstić information content (AvgIpc) is 2.49. The Morgan fingerprint density at radius 2 is 1.90 bits per heavy atom. The maximum atomic E-state index is 11.6. The van der Waals surface area contributed by atoms with Crippen LogP contribution in [0.2, 0.25) is 0 Å². The van der Waals surface area contributed by atoms with Gasteiger partial charge in [0.05, 0.1) is 5.69 Å². The first-order valence-electron chi connectivity index (χ1n) is 6.75. The molecular formula is C16H20N2OS.